The first kappa shape index (κ1) is 19.6. The second-order valence-electron chi connectivity index (χ2n) is 5.14. The molecule has 0 heterocycles. The molecule has 0 aliphatic rings. The van der Waals surface area contributed by atoms with Gasteiger partial charge in [-0.05, 0) is 42.0 Å². The van der Waals surface area contributed by atoms with Gasteiger partial charge in [0.05, 0.1) is 17.4 Å². The lowest BCUT2D eigenvalue weighted by molar-refractivity contribution is -0.128. The summed E-state index contributed by atoms with van der Waals surface area (Å²) in [6.45, 7) is -0.248. The van der Waals surface area contributed by atoms with E-state index < -0.39 is 5.91 Å². The molecule has 0 bridgehead atoms. The first-order chi connectivity index (χ1) is 12.6. The molecule has 0 radical (unpaired) electrons. The van der Waals surface area contributed by atoms with E-state index in [1.165, 1.54) is 11.8 Å². The highest BCUT2D eigenvalue weighted by Crippen LogP contribution is 2.16. The third-order valence-electron chi connectivity index (χ3n) is 3.09. The standard InChI is InChI=1S/C18H16ClN3O3S/c19-15-3-1-2-14(8-15)11-26-12-18(24)22-21-17(23)10-25-16-6-4-13(9-20)5-7-16/h1-8H,10-12H2,(H,21,23)(H,22,24). The molecule has 2 aromatic rings. The number of carbonyl (C=O) groups excluding carboxylic acids is 2. The molecule has 134 valence electrons. The highest BCUT2D eigenvalue weighted by Gasteiger charge is 2.06. The van der Waals surface area contributed by atoms with Gasteiger partial charge in [0.25, 0.3) is 5.91 Å². The van der Waals surface area contributed by atoms with E-state index in [0.717, 1.165) is 5.56 Å². The molecule has 2 rings (SSSR count). The quantitative estimate of drug-likeness (QED) is 0.710. The molecule has 0 aliphatic carbocycles. The van der Waals surface area contributed by atoms with Crippen molar-refractivity contribution < 1.29 is 14.3 Å². The number of benzene rings is 2. The predicted octanol–water partition coefficient (Wildman–Crippen LogP) is 2.67. The van der Waals surface area contributed by atoms with Gasteiger partial charge in [-0.15, -0.1) is 11.8 Å². The fraction of sp³-hybridized carbons (Fsp3) is 0.167. The third kappa shape index (κ3) is 7.05. The van der Waals surface area contributed by atoms with Crippen LogP contribution in [0.1, 0.15) is 11.1 Å². The number of nitrogens with zero attached hydrogens (tertiary/aromatic N) is 1. The predicted molar refractivity (Wildman–Crippen MR) is 101 cm³/mol. The van der Waals surface area contributed by atoms with Crippen molar-refractivity contribution in [1.29, 1.82) is 5.26 Å². The number of carbonyl (C=O) groups is 2. The second-order valence-corrected chi connectivity index (χ2v) is 6.57. The van der Waals surface area contributed by atoms with E-state index in [9.17, 15) is 9.59 Å². The minimum absolute atomic E-state index is 0.198. The average Bonchev–Trinajstić information content (AvgIpc) is 2.65. The molecule has 2 amide bonds. The van der Waals surface area contributed by atoms with Crippen LogP contribution < -0.4 is 15.6 Å². The summed E-state index contributed by atoms with van der Waals surface area (Å²) in [4.78, 5) is 23.4. The fourth-order valence-corrected chi connectivity index (χ4v) is 2.86. The van der Waals surface area contributed by atoms with Crippen LogP contribution in [0.25, 0.3) is 0 Å². The molecule has 0 fully saturated rings. The van der Waals surface area contributed by atoms with Crippen LogP contribution in [-0.4, -0.2) is 24.2 Å². The smallest absolute Gasteiger partial charge is 0.276 e. The van der Waals surface area contributed by atoms with Crippen molar-refractivity contribution in [3.05, 3.63) is 64.7 Å². The number of thioether (sulfide) groups is 1. The Morgan fingerprint density at radius 2 is 1.85 bits per heavy atom. The molecule has 0 spiro atoms. The van der Waals surface area contributed by atoms with Crippen LogP contribution in [0.4, 0.5) is 0 Å². The monoisotopic (exact) mass is 389 g/mol. The van der Waals surface area contributed by atoms with Gasteiger partial charge in [-0.3, -0.25) is 20.4 Å². The summed E-state index contributed by atoms with van der Waals surface area (Å²) in [6, 6.07) is 15.8. The minimum atomic E-state index is -0.484. The molecular formula is C18H16ClN3O3S. The molecule has 0 saturated carbocycles. The second kappa shape index (κ2) is 10.3. The van der Waals surface area contributed by atoms with E-state index in [4.69, 9.17) is 21.6 Å². The summed E-state index contributed by atoms with van der Waals surface area (Å²) in [7, 11) is 0. The fourth-order valence-electron chi connectivity index (χ4n) is 1.87. The summed E-state index contributed by atoms with van der Waals surface area (Å²) in [5, 5.41) is 9.36. The molecule has 26 heavy (non-hydrogen) atoms. The summed E-state index contributed by atoms with van der Waals surface area (Å²) >= 11 is 7.31. The van der Waals surface area contributed by atoms with Crippen LogP contribution in [-0.2, 0) is 15.3 Å². The number of amides is 2. The lowest BCUT2D eigenvalue weighted by atomic mass is 10.2. The number of halogens is 1. The Bertz CT molecular complexity index is 806. The van der Waals surface area contributed by atoms with Crippen molar-refractivity contribution in [2.75, 3.05) is 12.4 Å². The highest BCUT2D eigenvalue weighted by atomic mass is 35.5. The molecule has 0 aliphatic heterocycles. The van der Waals surface area contributed by atoms with E-state index >= 15 is 0 Å². The largest absolute Gasteiger partial charge is 0.484 e. The van der Waals surface area contributed by atoms with Crippen LogP contribution in [0.3, 0.4) is 0 Å². The van der Waals surface area contributed by atoms with Gasteiger partial charge in [0.1, 0.15) is 5.75 Å². The first-order valence-corrected chi connectivity index (χ1v) is 9.13. The van der Waals surface area contributed by atoms with Gasteiger partial charge in [-0.25, -0.2) is 0 Å². The van der Waals surface area contributed by atoms with Gasteiger partial charge in [0, 0.05) is 10.8 Å². The maximum atomic E-state index is 11.7. The maximum Gasteiger partial charge on any atom is 0.276 e. The number of ether oxygens (including phenoxy) is 1. The van der Waals surface area contributed by atoms with E-state index in [2.05, 4.69) is 10.9 Å². The van der Waals surface area contributed by atoms with E-state index in [1.807, 2.05) is 24.3 Å². The molecule has 0 saturated heterocycles. The lowest BCUT2D eigenvalue weighted by Crippen LogP contribution is -2.44. The Morgan fingerprint density at radius 3 is 2.54 bits per heavy atom. The summed E-state index contributed by atoms with van der Waals surface area (Å²) in [6.07, 6.45) is 0. The molecule has 6 nitrogen and oxygen atoms in total. The minimum Gasteiger partial charge on any atom is -0.484 e. The van der Waals surface area contributed by atoms with Crippen molar-refractivity contribution >= 4 is 35.2 Å². The van der Waals surface area contributed by atoms with Gasteiger partial charge >= 0.3 is 0 Å². The number of hydrazine groups is 1. The Hall–Kier alpha value is -2.69. The van der Waals surface area contributed by atoms with Gasteiger partial charge < -0.3 is 4.74 Å². The number of nitrogens with one attached hydrogen (secondary N) is 2. The number of hydrogen-bond acceptors (Lipinski definition) is 5. The van der Waals surface area contributed by atoms with Crippen molar-refractivity contribution in [3.63, 3.8) is 0 Å². The van der Waals surface area contributed by atoms with E-state index in [1.54, 1.807) is 30.3 Å². The molecule has 8 heteroatoms. The van der Waals surface area contributed by atoms with E-state index in [0.29, 0.717) is 22.1 Å². The van der Waals surface area contributed by atoms with Gasteiger partial charge in [0.2, 0.25) is 5.91 Å². The summed E-state index contributed by atoms with van der Waals surface area (Å²) < 4.78 is 5.26. The van der Waals surface area contributed by atoms with Crippen molar-refractivity contribution in [3.8, 4) is 11.8 Å². The van der Waals surface area contributed by atoms with Crippen LogP contribution in [0.15, 0.2) is 48.5 Å². The summed E-state index contributed by atoms with van der Waals surface area (Å²) in [5.41, 5.74) is 6.14. The normalized spacial score (nSPS) is 9.85. The molecule has 0 atom stereocenters. The Morgan fingerprint density at radius 1 is 1.12 bits per heavy atom. The first-order valence-electron chi connectivity index (χ1n) is 7.59. The van der Waals surface area contributed by atoms with Crippen molar-refractivity contribution in [1.82, 2.24) is 10.9 Å². The Kier molecular flexibility index (Phi) is 7.80. The van der Waals surface area contributed by atoms with Crippen LogP contribution in [0, 0.1) is 11.3 Å². The van der Waals surface area contributed by atoms with Crippen LogP contribution >= 0.6 is 23.4 Å². The van der Waals surface area contributed by atoms with Gasteiger partial charge in [-0.1, -0.05) is 23.7 Å². The molecule has 0 unspecified atom stereocenters. The highest BCUT2D eigenvalue weighted by molar-refractivity contribution is 7.99. The zero-order valence-corrected chi connectivity index (χ0v) is 15.3. The molecule has 2 aromatic carbocycles. The molecule has 2 N–H and O–H groups in total. The van der Waals surface area contributed by atoms with Gasteiger partial charge in [-0.2, -0.15) is 5.26 Å². The van der Waals surface area contributed by atoms with Crippen LogP contribution in [0.5, 0.6) is 5.75 Å². The zero-order valence-electron chi connectivity index (χ0n) is 13.7. The lowest BCUT2D eigenvalue weighted by Gasteiger charge is -2.09. The van der Waals surface area contributed by atoms with Crippen LogP contribution in [0.2, 0.25) is 5.02 Å². The number of nitriles is 1. The summed E-state index contributed by atoms with van der Waals surface area (Å²) in [5.74, 6) is 0.501. The van der Waals surface area contributed by atoms with Crippen molar-refractivity contribution in [2.45, 2.75) is 5.75 Å². The molecular weight excluding hydrogens is 374 g/mol. The SMILES string of the molecule is N#Cc1ccc(OCC(=O)NNC(=O)CSCc2cccc(Cl)c2)cc1. The topological polar surface area (TPSA) is 91.2 Å². The zero-order chi connectivity index (χ0) is 18.8. The number of rotatable bonds is 7. The van der Waals surface area contributed by atoms with Crippen molar-refractivity contribution in [2.24, 2.45) is 0 Å². The Labute approximate surface area is 160 Å². The molecule has 0 aromatic heterocycles. The third-order valence-corrected chi connectivity index (χ3v) is 4.32. The maximum absolute atomic E-state index is 11.7. The number of hydrogen-bond donors (Lipinski definition) is 2. The van der Waals surface area contributed by atoms with E-state index in [-0.39, 0.29) is 18.3 Å². The Balaban J connectivity index is 1.62. The van der Waals surface area contributed by atoms with Gasteiger partial charge in [0.15, 0.2) is 6.61 Å². The average molecular weight is 390 g/mol.